The molecule has 2 aliphatic rings. The van der Waals surface area contributed by atoms with Crippen LogP contribution in [0.4, 0.5) is 0 Å². The predicted octanol–water partition coefficient (Wildman–Crippen LogP) is 7.76. The van der Waals surface area contributed by atoms with E-state index in [-0.39, 0.29) is 25.0 Å². The maximum absolute atomic E-state index is 13.0. The SMILES string of the molecule is C=Cc1c(C)c2cc3[nH]c(cc4nc(cc5nc(cc1[nH]2)C(C)=C5CCC(=O)NCCCCCO)C(CCC(=O)NCCSCCO)=C4C)c(C)c3C=C. The number of aliphatic hydroxyl groups excluding tert-OH is 2. The number of nitrogens with one attached hydrogen (secondary N) is 4. The second-order valence-corrected chi connectivity index (χ2v) is 15.0. The second-order valence-electron chi connectivity index (χ2n) is 13.8. The Morgan fingerprint density at radius 1 is 0.667 bits per heavy atom. The van der Waals surface area contributed by atoms with Crippen molar-refractivity contribution in [2.75, 3.05) is 37.8 Å². The summed E-state index contributed by atoms with van der Waals surface area (Å²) in [7, 11) is 0. The van der Waals surface area contributed by atoms with Crippen LogP contribution in [-0.4, -0.2) is 79.8 Å². The van der Waals surface area contributed by atoms with Crippen molar-refractivity contribution in [1.82, 2.24) is 30.6 Å². The summed E-state index contributed by atoms with van der Waals surface area (Å²) in [5.41, 5.74) is 14.8. The lowest BCUT2D eigenvalue weighted by Crippen LogP contribution is -2.25. The molecule has 0 atom stereocenters. The number of H-pyrrole nitrogens is 2. The van der Waals surface area contributed by atoms with Crippen molar-refractivity contribution in [2.45, 2.75) is 72.6 Å². The molecule has 10 nitrogen and oxygen atoms in total. The van der Waals surface area contributed by atoms with Gasteiger partial charge in [-0.2, -0.15) is 11.8 Å². The minimum atomic E-state index is -0.0354. The molecule has 8 bridgehead atoms. The monoisotopic (exact) mass is 750 g/mol. The van der Waals surface area contributed by atoms with Gasteiger partial charge in [0.05, 0.1) is 29.4 Å². The van der Waals surface area contributed by atoms with Crippen LogP contribution in [0.2, 0.25) is 0 Å². The smallest absolute Gasteiger partial charge is 0.220 e. The molecule has 0 aromatic carbocycles. The maximum atomic E-state index is 13.0. The standard InChI is InChI=1S/C43H54N6O4S/c1-7-30-26(3)34-22-35-28(5)32(13-15-43(53)45-17-20-54-21-19-51)40(48-35)25-41-33(12-14-42(52)44-16-10-9-11-18-50)29(6)37(49-41)24-39-31(8-2)27(4)36(47-39)23-38(30)46-34/h7-8,22-25,46-47,50-51H,1-2,9-21H2,3-6H3,(H,44,52)(H,45,53). The number of carbonyl (C=O) groups is 2. The molecule has 0 radical (unpaired) electrons. The molecule has 0 saturated heterocycles. The summed E-state index contributed by atoms with van der Waals surface area (Å²) in [4.78, 5) is 43.5. The number of allylic oxidation sites excluding steroid dienone is 4. The van der Waals surface area contributed by atoms with Crippen LogP contribution in [0.3, 0.4) is 0 Å². The maximum Gasteiger partial charge on any atom is 0.220 e. The normalized spacial score (nSPS) is 12.7. The first-order valence-electron chi connectivity index (χ1n) is 18.8. The number of aryl methyl sites for hydroxylation is 2. The number of nitrogens with zero attached hydrogens (tertiary/aromatic N) is 2. The van der Waals surface area contributed by atoms with Crippen LogP contribution in [-0.2, 0) is 9.59 Å². The van der Waals surface area contributed by atoms with Gasteiger partial charge in [0.2, 0.25) is 11.8 Å². The van der Waals surface area contributed by atoms with E-state index in [1.54, 1.807) is 11.8 Å². The molecule has 2 aliphatic heterocycles. The number of thioether (sulfide) groups is 1. The summed E-state index contributed by atoms with van der Waals surface area (Å²) in [6, 6.07) is 8.24. The van der Waals surface area contributed by atoms with E-state index in [1.807, 2.05) is 18.2 Å². The summed E-state index contributed by atoms with van der Waals surface area (Å²) in [5, 5.41) is 24.2. The quantitative estimate of drug-likeness (QED) is 0.0726. The minimum absolute atomic E-state index is 0.0244. The summed E-state index contributed by atoms with van der Waals surface area (Å²) >= 11 is 1.60. The molecule has 0 unspecified atom stereocenters. The lowest BCUT2D eigenvalue weighted by Gasteiger charge is -2.08. The lowest BCUT2D eigenvalue weighted by atomic mass is 9.98. The van der Waals surface area contributed by atoms with Crippen LogP contribution in [0.15, 0.2) is 37.4 Å². The Kier molecular flexibility index (Phi) is 14.3. The van der Waals surface area contributed by atoms with Crippen molar-refractivity contribution in [3.8, 4) is 0 Å². The number of aromatic nitrogens is 4. The molecule has 5 heterocycles. The fourth-order valence-electron chi connectivity index (χ4n) is 7.03. The highest BCUT2D eigenvalue weighted by molar-refractivity contribution is 7.99. The van der Waals surface area contributed by atoms with Crippen LogP contribution in [0.25, 0.3) is 56.5 Å². The summed E-state index contributed by atoms with van der Waals surface area (Å²) in [6.45, 7) is 17.9. The number of rotatable bonds is 18. The Balaban J connectivity index is 1.64. The fourth-order valence-corrected chi connectivity index (χ4v) is 7.61. The second kappa shape index (κ2) is 19.1. The highest BCUT2D eigenvalue weighted by atomic mass is 32.2. The van der Waals surface area contributed by atoms with Crippen LogP contribution in [0, 0.1) is 13.8 Å². The molecular weight excluding hydrogens is 697 g/mol. The van der Waals surface area contributed by atoms with Gasteiger partial charge in [0, 0.05) is 77.2 Å². The number of fused-ring (bicyclic) bond motifs is 8. The number of carbonyl (C=O) groups excluding carboxylic acids is 2. The Morgan fingerprint density at radius 3 is 1.72 bits per heavy atom. The van der Waals surface area contributed by atoms with Crippen LogP contribution >= 0.6 is 11.8 Å². The third-order valence-corrected chi connectivity index (χ3v) is 11.2. The first-order valence-corrected chi connectivity index (χ1v) is 20.0. The van der Waals surface area contributed by atoms with E-state index < -0.39 is 0 Å². The van der Waals surface area contributed by atoms with Gasteiger partial charge in [-0.3, -0.25) is 9.59 Å². The van der Waals surface area contributed by atoms with Crippen LogP contribution in [0.1, 0.15) is 104 Å². The van der Waals surface area contributed by atoms with E-state index in [2.05, 4.69) is 79.7 Å². The van der Waals surface area contributed by atoms with Gasteiger partial charge in [-0.05, 0) is 117 Å². The topological polar surface area (TPSA) is 156 Å². The Bertz CT molecular complexity index is 2140. The average Bonchev–Trinajstić information content (AvgIpc) is 3.82. The van der Waals surface area contributed by atoms with Crippen molar-refractivity contribution in [2.24, 2.45) is 0 Å². The Labute approximate surface area is 322 Å². The number of unbranched alkanes of at least 4 members (excludes halogenated alkanes) is 2. The first kappa shape index (κ1) is 40.5. The molecule has 0 fully saturated rings. The van der Waals surface area contributed by atoms with E-state index >= 15 is 0 Å². The van der Waals surface area contributed by atoms with Crippen molar-refractivity contribution < 1.29 is 19.8 Å². The number of aromatic amines is 2. The Hall–Kier alpha value is -4.71. The molecule has 0 aliphatic carbocycles. The van der Waals surface area contributed by atoms with Gasteiger partial charge in [-0.1, -0.05) is 25.3 Å². The molecule has 0 saturated carbocycles. The highest BCUT2D eigenvalue weighted by Gasteiger charge is 2.23. The largest absolute Gasteiger partial charge is 0.396 e. The van der Waals surface area contributed by atoms with E-state index in [4.69, 9.17) is 20.2 Å². The number of hydrogen-bond acceptors (Lipinski definition) is 7. The molecule has 11 heteroatoms. The summed E-state index contributed by atoms with van der Waals surface area (Å²) in [5.74, 6) is 1.33. The van der Waals surface area contributed by atoms with Crippen molar-refractivity contribution in [3.63, 3.8) is 0 Å². The highest BCUT2D eigenvalue weighted by Crippen LogP contribution is 2.38. The minimum Gasteiger partial charge on any atom is -0.396 e. The zero-order valence-electron chi connectivity index (χ0n) is 32.1. The molecule has 0 spiro atoms. The zero-order valence-corrected chi connectivity index (χ0v) is 32.9. The Morgan fingerprint density at radius 2 is 1.19 bits per heavy atom. The molecule has 6 N–H and O–H groups in total. The molecule has 3 aromatic heterocycles. The van der Waals surface area contributed by atoms with Gasteiger partial charge in [-0.25, -0.2) is 9.97 Å². The van der Waals surface area contributed by atoms with E-state index in [0.29, 0.717) is 44.5 Å². The number of amides is 2. The van der Waals surface area contributed by atoms with Gasteiger partial charge in [0.1, 0.15) is 0 Å². The fraction of sp³-hybridized carbons (Fsp3) is 0.395. The lowest BCUT2D eigenvalue weighted by molar-refractivity contribution is -0.121. The molecule has 286 valence electrons. The van der Waals surface area contributed by atoms with E-state index in [0.717, 1.165) is 114 Å². The molecule has 54 heavy (non-hydrogen) atoms. The first-order chi connectivity index (χ1) is 26.1. The van der Waals surface area contributed by atoms with Gasteiger partial charge >= 0.3 is 0 Å². The number of aliphatic hydroxyl groups is 2. The summed E-state index contributed by atoms with van der Waals surface area (Å²) in [6.07, 6.45) is 7.75. The van der Waals surface area contributed by atoms with Crippen molar-refractivity contribution in [1.29, 1.82) is 0 Å². The summed E-state index contributed by atoms with van der Waals surface area (Å²) < 4.78 is 0. The van der Waals surface area contributed by atoms with E-state index in [9.17, 15) is 9.59 Å². The predicted molar refractivity (Wildman–Crippen MR) is 225 cm³/mol. The number of hydrogen-bond donors (Lipinski definition) is 6. The van der Waals surface area contributed by atoms with Gasteiger partial charge in [0.15, 0.2) is 0 Å². The van der Waals surface area contributed by atoms with E-state index in [1.165, 1.54) is 0 Å². The van der Waals surface area contributed by atoms with Gasteiger partial charge in [0.25, 0.3) is 0 Å². The third kappa shape index (κ3) is 9.50. The van der Waals surface area contributed by atoms with Gasteiger partial charge < -0.3 is 30.8 Å². The van der Waals surface area contributed by atoms with Crippen molar-refractivity contribution in [3.05, 3.63) is 82.5 Å². The average molecular weight is 751 g/mol. The van der Waals surface area contributed by atoms with Crippen LogP contribution in [0.5, 0.6) is 0 Å². The van der Waals surface area contributed by atoms with Gasteiger partial charge in [-0.15, -0.1) is 0 Å². The molecule has 5 rings (SSSR count). The van der Waals surface area contributed by atoms with Crippen LogP contribution < -0.4 is 10.6 Å². The zero-order chi connectivity index (χ0) is 38.8. The third-order valence-electron chi connectivity index (χ3n) is 10.2. The van der Waals surface area contributed by atoms with Crippen molar-refractivity contribution >= 4 is 80.1 Å². The molecule has 3 aromatic rings. The molecule has 2 amide bonds. The molecular formula is C43H54N6O4S.